The predicted octanol–water partition coefficient (Wildman–Crippen LogP) is 2.75. The molecule has 0 spiro atoms. The highest BCUT2D eigenvalue weighted by molar-refractivity contribution is 5.92. The minimum atomic E-state index is -0.310. The van der Waals surface area contributed by atoms with E-state index in [0.717, 1.165) is 16.8 Å². The highest BCUT2D eigenvalue weighted by atomic mass is 16.6. The molecule has 3 heterocycles. The molecule has 0 aliphatic carbocycles. The number of carbonyl (C=O) groups excluding carboxylic acids is 2. The van der Waals surface area contributed by atoms with Crippen LogP contribution >= 0.6 is 0 Å². The van der Waals surface area contributed by atoms with Crippen molar-refractivity contribution in [3.8, 4) is 0 Å². The van der Waals surface area contributed by atoms with Gasteiger partial charge in [0.15, 0.2) is 0 Å². The van der Waals surface area contributed by atoms with Crippen LogP contribution < -0.4 is 4.90 Å². The van der Waals surface area contributed by atoms with Crippen molar-refractivity contribution in [1.82, 2.24) is 15.1 Å². The Morgan fingerprint density at radius 2 is 2.11 bits per heavy atom. The number of ether oxygens (including phenoxy) is 1. The number of hydrogen-bond donors (Lipinski definition) is 0. The van der Waals surface area contributed by atoms with E-state index in [1.54, 1.807) is 15.9 Å². The summed E-state index contributed by atoms with van der Waals surface area (Å²) in [7, 11) is 0. The first kappa shape index (κ1) is 18.2. The number of nitrogens with zero attached hydrogens (tertiary/aromatic N) is 4. The molecule has 0 radical (unpaired) electrons. The van der Waals surface area contributed by atoms with Crippen molar-refractivity contribution >= 4 is 23.8 Å². The van der Waals surface area contributed by atoms with Crippen molar-refractivity contribution in [3.05, 3.63) is 47.2 Å². The van der Waals surface area contributed by atoms with Crippen LogP contribution in [0, 0.1) is 0 Å². The van der Waals surface area contributed by atoms with Gasteiger partial charge in [-0.15, -0.1) is 10.2 Å². The zero-order valence-electron chi connectivity index (χ0n) is 15.9. The summed E-state index contributed by atoms with van der Waals surface area (Å²) >= 11 is 0. The Morgan fingerprint density at radius 1 is 1.25 bits per heavy atom. The van der Waals surface area contributed by atoms with Gasteiger partial charge in [-0.05, 0) is 23.6 Å². The molecular weight excluding hydrogens is 360 g/mol. The van der Waals surface area contributed by atoms with Gasteiger partial charge in [-0.2, -0.15) is 0 Å². The van der Waals surface area contributed by atoms with E-state index in [0.29, 0.717) is 44.4 Å². The maximum absolute atomic E-state index is 12.6. The lowest BCUT2D eigenvalue weighted by molar-refractivity contribution is -0.126. The zero-order chi connectivity index (χ0) is 19.7. The zero-order valence-corrected chi connectivity index (χ0v) is 15.9. The van der Waals surface area contributed by atoms with Gasteiger partial charge in [0.1, 0.15) is 6.61 Å². The lowest BCUT2D eigenvalue weighted by Gasteiger charge is -2.30. The molecule has 0 atom stereocenters. The fourth-order valence-electron chi connectivity index (χ4n) is 3.44. The van der Waals surface area contributed by atoms with E-state index in [-0.39, 0.29) is 17.9 Å². The standard InChI is InChI=1S/C20H22N4O4/c1-13(2)19-22-21-17(28-19)6-7-18(25)23-9-8-15-14(12-23)4-3-5-16(15)24-10-11-27-20(24)26/h3-7,13H,8-12H2,1-2H3/b7-6+. The second-order valence-corrected chi connectivity index (χ2v) is 7.16. The molecule has 28 heavy (non-hydrogen) atoms. The molecule has 1 saturated heterocycles. The Labute approximate surface area is 162 Å². The van der Waals surface area contributed by atoms with E-state index < -0.39 is 0 Å². The Hall–Kier alpha value is -3.16. The summed E-state index contributed by atoms with van der Waals surface area (Å²) in [5.41, 5.74) is 3.03. The van der Waals surface area contributed by atoms with Crippen molar-refractivity contribution in [2.45, 2.75) is 32.7 Å². The molecule has 4 rings (SSSR count). The first-order chi connectivity index (χ1) is 13.5. The third-order valence-corrected chi connectivity index (χ3v) is 4.92. The number of cyclic esters (lactones) is 1. The van der Waals surface area contributed by atoms with E-state index in [1.807, 2.05) is 32.0 Å². The molecule has 8 nitrogen and oxygen atoms in total. The van der Waals surface area contributed by atoms with Crippen molar-refractivity contribution in [3.63, 3.8) is 0 Å². The molecule has 2 aromatic rings. The summed E-state index contributed by atoms with van der Waals surface area (Å²) in [5.74, 6) is 0.906. The molecule has 2 amide bonds. The summed E-state index contributed by atoms with van der Waals surface area (Å²) in [6.45, 7) is 5.98. The Morgan fingerprint density at radius 3 is 2.82 bits per heavy atom. The normalized spacial score (nSPS) is 16.8. The summed E-state index contributed by atoms with van der Waals surface area (Å²) in [5, 5.41) is 7.88. The molecule has 0 unspecified atom stereocenters. The molecule has 0 N–H and O–H groups in total. The molecular formula is C20H22N4O4. The van der Waals surface area contributed by atoms with Crippen LogP contribution in [-0.4, -0.2) is 46.8 Å². The molecule has 0 bridgehead atoms. The fourth-order valence-corrected chi connectivity index (χ4v) is 3.44. The van der Waals surface area contributed by atoms with Crippen LogP contribution in [0.15, 0.2) is 28.7 Å². The van der Waals surface area contributed by atoms with Crippen molar-refractivity contribution in [2.24, 2.45) is 0 Å². The van der Waals surface area contributed by atoms with E-state index >= 15 is 0 Å². The molecule has 1 aromatic heterocycles. The van der Waals surface area contributed by atoms with Gasteiger partial charge in [0, 0.05) is 31.2 Å². The van der Waals surface area contributed by atoms with Crippen molar-refractivity contribution in [1.29, 1.82) is 0 Å². The first-order valence-electron chi connectivity index (χ1n) is 9.38. The van der Waals surface area contributed by atoms with E-state index in [1.165, 1.54) is 6.08 Å². The molecule has 146 valence electrons. The first-order valence-corrected chi connectivity index (χ1v) is 9.38. The topological polar surface area (TPSA) is 88.8 Å². The highest BCUT2D eigenvalue weighted by Gasteiger charge is 2.29. The number of hydrogen-bond acceptors (Lipinski definition) is 6. The summed E-state index contributed by atoms with van der Waals surface area (Å²) in [6.07, 6.45) is 3.39. The fraction of sp³-hybridized carbons (Fsp3) is 0.400. The van der Waals surface area contributed by atoms with Crippen LogP contribution in [-0.2, 0) is 22.5 Å². The van der Waals surface area contributed by atoms with Crippen LogP contribution in [0.1, 0.15) is 42.7 Å². The smallest absolute Gasteiger partial charge is 0.414 e. The lowest BCUT2D eigenvalue weighted by atomic mass is 9.97. The number of fused-ring (bicyclic) bond motifs is 1. The van der Waals surface area contributed by atoms with Gasteiger partial charge in [0.05, 0.1) is 12.2 Å². The predicted molar refractivity (Wildman–Crippen MR) is 102 cm³/mol. The third kappa shape index (κ3) is 3.49. The molecule has 8 heteroatoms. The number of benzene rings is 1. The maximum Gasteiger partial charge on any atom is 0.414 e. The Kier molecular flexibility index (Phi) is 4.85. The van der Waals surface area contributed by atoms with Gasteiger partial charge in [0.25, 0.3) is 0 Å². The van der Waals surface area contributed by atoms with Crippen molar-refractivity contribution < 1.29 is 18.7 Å². The number of aromatic nitrogens is 2. The highest BCUT2D eigenvalue weighted by Crippen LogP contribution is 2.30. The van der Waals surface area contributed by atoms with Crippen LogP contribution in [0.3, 0.4) is 0 Å². The minimum Gasteiger partial charge on any atom is -0.447 e. The van der Waals surface area contributed by atoms with Gasteiger partial charge in [-0.3, -0.25) is 9.69 Å². The molecule has 1 fully saturated rings. The monoisotopic (exact) mass is 382 g/mol. The van der Waals surface area contributed by atoms with Crippen molar-refractivity contribution in [2.75, 3.05) is 24.6 Å². The average Bonchev–Trinajstić information content (AvgIpc) is 3.34. The molecule has 2 aliphatic heterocycles. The molecule has 0 saturated carbocycles. The minimum absolute atomic E-state index is 0.110. The summed E-state index contributed by atoms with van der Waals surface area (Å²) in [6, 6.07) is 5.84. The summed E-state index contributed by atoms with van der Waals surface area (Å²) < 4.78 is 10.5. The third-order valence-electron chi connectivity index (χ3n) is 4.92. The van der Waals surface area contributed by atoms with Crippen LogP contribution in [0.4, 0.5) is 10.5 Å². The number of carbonyl (C=O) groups is 2. The van der Waals surface area contributed by atoms with Crippen LogP contribution in [0.2, 0.25) is 0 Å². The van der Waals surface area contributed by atoms with E-state index in [4.69, 9.17) is 9.15 Å². The number of amides is 2. The van der Waals surface area contributed by atoms with Gasteiger partial charge >= 0.3 is 6.09 Å². The largest absolute Gasteiger partial charge is 0.447 e. The van der Waals surface area contributed by atoms with Gasteiger partial charge in [0.2, 0.25) is 17.7 Å². The van der Waals surface area contributed by atoms with Crippen LogP contribution in [0.5, 0.6) is 0 Å². The summed E-state index contributed by atoms with van der Waals surface area (Å²) in [4.78, 5) is 27.9. The molecule has 1 aromatic carbocycles. The van der Waals surface area contributed by atoms with E-state index in [2.05, 4.69) is 10.2 Å². The lowest BCUT2D eigenvalue weighted by Crippen LogP contribution is -2.36. The SMILES string of the molecule is CC(C)c1nnc(/C=C/C(=O)N2CCc3c(cccc3N3CCOC3=O)C2)o1. The van der Waals surface area contributed by atoms with Crippen LogP contribution in [0.25, 0.3) is 6.08 Å². The Bertz CT molecular complexity index is 934. The second-order valence-electron chi connectivity index (χ2n) is 7.16. The average molecular weight is 382 g/mol. The second kappa shape index (κ2) is 7.46. The quantitative estimate of drug-likeness (QED) is 0.756. The van der Waals surface area contributed by atoms with E-state index in [9.17, 15) is 9.59 Å². The maximum atomic E-state index is 12.6. The van der Waals surface area contributed by atoms with Gasteiger partial charge in [-0.25, -0.2) is 4.79 Å². The Balaban J connectivity index is 1.47. The van der Waals surface area contributed by atoms with Gasteiger partial charge < -0.3 is 14.1 Å². The molecule has 2 aliphatic rings. The van der Waals surface area contributed by atoms with Gasteiger partial charge in [-0.1, -0.05) is 26.0 Å². The number of anilines is 1. The number of rotatable bonds is 4.